The number of thiophene rings is 1. The van der Waals surface area contributed by atoms with Crippen molar-refractivity contribution in [3.63, 3.8) is 0 Å². The number of nitrogens with one attached hydrogen (secondary N) is 3. The molecule has 2 heterocycles. The predicted octanol–water partition coefficient (Wildman–Crippen LogP) is 2.57. The van der Waals surface area contributed by atoms with E-state index >= 15 is 0 Å². The molecule has 0 radical (unpaired) electrons. The van der Waals surface area contributed by atoms with E-state index < -0.39 is 10.0 Å². The van der Waals surface area contributed by atoms with Crippen molar-refractivity contribution < 1.29 is 17.9 Å². The van der Waals surface area contributed by atoms with Gasteiger partial charge < -0.3 is 20.1 Å². The molecule has 0 spiro atoms. The Balaban J connectivity index is 1.59. The third-order valence-electron chi connectivity index (χ3n) is 4.01. The van der Waals surface area contributed by atoms with Gasteiger partial charge in [0, 0.05) is 36.1 Å². The van der Waals surface area contributed by atoms with Gasteiger partial charge in [0.05, 0.1) is 19.8 Å². The summed E-state index contributed by atoms with van der Waals surface area (Å²) in [5.41, 5.74) is 0.809. The molecule has 1 aliphatic heterocycles. The van der Waals surface area contributed by atoms with Crippen LogP contribution in [-0.4, -0.2) is 47.2 Å². The van der Waals surface area contributed by atoms with E-state index in [1.54, 1.807) is 12.1 Å². The van der Waals surface area contributed by atoms with E-state index in [0.717, 1.165) is 22.7 Å². The van der Waals surface area contributed by atoms with Gasteiger partial charge in [-0.1, -0.05) is 0 Å². The molecule has 0 saturated carbocycles. The molecule has 158 valence electrons. The van der Waals surface area contributed by atoms with Crippen LogP contribution in [0.15, 0.2) is 39.5 Å². The lowest BCUT2D eigenvalue weighted by Crippen LogP contribution is -2.32. The summed E-state index contributed by atoms with van der Waals surface area (Å²) in [6, 6.07) is 9.03. The Morgan fingerprint density at radius 2 is 1.97 bits per heavy atom. The normalized spacial score (nSPS) is 14.3. The number of guanidine groups is 1. The van der Waals surface area contributed by atoms with Crippen molar-refractivity contribution in [1.82, 2.24) is 10.0 Å². The van der Waals surface area contributed by atoms with Crippen LogP contribution >= 0.6 is 11.3 Å². The van der Waals surface area contributed by atoms with Crippen molar-refractivity contribution in [3.05, 3.63) is 35.2 Å². The van der Waals surface area contributed by atoms with Crippen molar-refractivity contribution in [2.24, 2.45) is 4.99 Å². The molecule has 0 unspecified atom stereocenters. The first kappa shape index (κ1) is 21.4. The highest BCUT2D eigenvalue weighted by Gasteiger charge is 2.15. The lowest BCUT2D eigenvalue weighted by atomic mass is 10.3. The molecule has 0 fully saturated rings. The van der Waals surface area contributed by atoms with Crippen LogP contribution in [0.4, 0.5) is 5.69 Å². The molecule has 3 rings (SSSR count). The Kier molecular flexibility index (Phi) is 7.34. The minimum Gasteiger partial charge on any atom is -0.490 e. The molecule has 1 aliphatic rings. The van der Waals surface area contributed by atoms with Crippen molar-refractivity contribution in [2.75, 3.05) is 38.2 Å². The minimum atomic E-state index is -3.49. The number of nitrogens with zero attached hydrogens (tertiary/aromatic N) is 1. The van der Waals surface area contributed by atoms with Crippen LogP contribution in [0, 0.1) is 6.92 Å². The maximum atomic E-state index is 12.3. The topological polar surface area (TPSA) is 101 Å². The van der Waals surface area contributed by atoms with E-state index in [2.05, 4.69) is 20.3 Å². The predicted molar refractivity (Wildman–Crippen MR) is 116 cm³/mol. The summed E-state index contributed by atoms with van der Waals surface area (Å²) in [6.07, 6.45) is 0.850. The van der Waals surface area contributed by atoms with Gasteiger partial charge in [0.2, 0.25) is 10.0 Å². The Morgan fingerprint density at radius 1 is 1.17 bits per heavy atom. The van der Waals surface area contributed by atoms with Crippen molar-refractivity contribution in [2.45, 2.75) is 24.5 Å². The van der Waals surface area contributed by atoms with Gasteiger partial charge in [-0.3, -0.25) is 4.99 Å². The summed E-state index contributed by atoms with van der Waals surface area (Å²) in [7, 11) is -3.49. The first-order valence-corrected chi connectivity index (χ1v) is 11.8. The van der Waals surface area contributed by atoms with Gasteiger partial charge in [-0.15, -0.1) is 11.3 Å². The Bertz CT molecular complexity index is 957. The van der Waals surface area contributed by atoms with Crippen LogP contribution in [0.2, 0.25) is 0 Å². The average Bonchev–Trinajstić information content (AvgIpc) is 3.00. The van der Waals surface area contributed by atoms with Crippen LogP contribution in [-0.2, 0) is 10.0 Å². The third kappa shape index (κ3) is 6.09. The Hall–Kier alpha value is -2.30. The van der Waals surface area contributed by atoms with Gasteiger partial charge in [0.15, 0.2) is 17.5 Å². The van der Waals surface area contributed by atoms with E-state index in [-0.39, 0.29) is 6.54 Å². The van der Waals surface area contributed by atoms with E-state index in [9.17, 15) is 8.42 Å². The number of benzene rings is 1. The fourth-order valence-corrected chi connectivity index (χ4v) is 5.01. The maximum Gasteiger partial charge on any atom is 0.250 e. The van der Waals surface area contributed by atoms with Gasteiger partial charge in [0.25, 0.3) is 0 Å². The zero-order valence-corrected chi connectivity index (χ0v) is 18.2. The number of aryl methyl sites for hydroxylation is 1. The average molecular weight is 439 g/mol. The summed E-state index contributed by atoms with van der Waals surface area (Å²) >= 11 is 1.25. The molecule has 0 atom stereocenters. The molecule has 0 amide bonds. The maximum absolute atomic E-state index is 12.3. The molecule has 0 saturated heterocycles. The molecular formula is C19H26N4O4S2. The summed E-state index contributed by atoms with van der Waals surface area (Å²) in [6.45, 7) is 6.28. The smallest absolute Gasteiger partial charge is 0.250 e. The fourth-order valence-electron chi connectivity index (χ4n) is 2.66. The SMILES string of the molecule is CCNC(=NCCNS(=O)(=O)c1ccc(C)s1)Nc1ccc2c(c1)OCCCO2. The molecule has 2 aromatic rings. The van der Waals surface area contributed by atoms with Gasteiger partial charge >= 0.3 is 0 Å². The highest BCUT2D eigenvalue weighted by Crippen LogP contribution is 2.32. The molecule has 10 heteroatoms. The Morgan fingerprint density at radius 3 is 2.69 bits per heavy atom. The van der Waals surface area contributed by atoms with E-state index in [1.807, 2.05) is 32.0 Å². The monoisotopic (exact) mass is 438 g/mol. The second-order valence-corrected chi connectivity index (χ2v) is 9.64. The van der Waals surface area contributed by atoms with Gasteiger partial charge in [0.1, 0.15) is 4.21 Å². The van der Waals surface area contributed by atoms with Crippen LogP contribution in [0.25, 0.3) is 0 Å². The van der Waals surface area contributed by atoms with E-state index in [4.69, 9.17) is 9.47 Å². The van der Waals surface area contributed by atoms with E-state index in [0.29, 0.717) is 42.2 Å². The van der Waals surface area contributed by atoms with Gasteiger partial charge in [-0.05, 0) is 38.1 Å². The lowest BCUT2D eigenvalue weighted by molar-refractivity contribution is 0.297. The fraction of sp³-hybridized carbons (Fsp3) is 0.421. The summed E-state index contributed by atoms with van der Waals surface area (Å²) in [4.78, 5) is 5.40. The first-order chi connectivity index (χ1) is 14.0. The molecule has 29 heavy (non-hydrogen) atoms. The van der Waals surface area contributed by atoms with Gasteiger partial charge in [-0.2, -0.15) is 0 Å². The highest BCUT2D eigenvalue weighted by atomic mass is 32.2. The lowest BCUT2D eigenvalue weighted by Gasteiger charge is -2.14. The van der Waals surface area contributed by atoms with Crippen molar-refractivity contribution >= 4 is 33.0 Å². The van der Waals surface area contributed by atoms with E-state index in [1.165, 1.54) is 11.3 Å². The largest absolute Gasteiger partial charge is 0.490 e. The number of hydrogen-bond donors (Lipinski definition) is 3. The number of hydrogen-bond acceptors (Lipinski definition) is 6. The minimum absolute atomic E-state index is 0.205. The molecule has 1 aromatic carbocycles. The standard InChI is InChI=1S/C19H26N4O4S2/c1-3-20-19(21-9-10-22-29(24,25)18-8-5-14(2)28-18)23-15-6-7-16-17(13-15)27-12-4-11-26-16/h5-8,13,22H,3-4,9-12H2,1-2H3,(H2,20,21,23). The number of ether oxygens (including phenoxy) is 2. The summed E-state index contributed by atoms with van der Waals surface area (Å²) in [5.74, 6) is 1.99. The molecule has 3 N–H and O–H groups in total. The zero-order chi connectivity index (χ0) is 20.7. The first-order valence-electron chi connectivity index (χ1n) is 9.49. The van der Waals surface area contributed by atoms with Crippen LogP contribution in [0.1, 0.15) is 18.2 Å². The number of aliphatic imine (C=N–C) groups is 1. The second kappa shape index (κ2) is 9.95. The van der Waals surface area contributed by atoms with Crippen molar-refractivity contribution in [3.8, 4) is 11.5 Å². The number of fused-ring (bicyclic) bond motifs is 1. The summed E-state index contributed by atoms with van der Waals surface area (Å²) in [5, 5.41) is 6.36. The second-order valence-electron chi connectivity index (χ2n) is 6.36. The number of anilines is 1. The van der Waals surface area contributed by atoms with Gasteiger partial charge in [-0.25, -0.2) is 13.1 Å². The third-order valence-corrected chi connectivity index (χ3v) is 6.96. The Labute approximate surface area is 175 Å². The molecule has 8 nitrogen and oxygen atoms in total. The quantitative estimate of drug-likeness (QED) is 0.349. The number of sulfonamides is 1. The number of rotatable bonds is 7. The summed E-state index contributed by atoms with van der Waals surface area (Å²) < 4.78 is 38.8. The molecule has 0 bridgehead atoms. The molecular weight excluding hydrogens is 412 g/mol. The zero-order valence-electron chi connectivity index (χ0n) is 16.5. The molecule has 1 aromatic heterocycles. The highest BCUT2D eigenvalue weighted by molar-refractivity contribution is 7.91. The van der Waals surface area contributed by atoms with Crippen LogP contribution in [0.5, 0.6) is 11.5 Å². The molecule has 0 aliphatic carbocycles. The van der Waals surface area contributed by atoms with Crippen LogP contribution < -0.4 is 24.8 Å². The van der Waals surface area contributed by atoms with Crippen molar-refractivity contribution in [1.29, 1.82) is 0 Å². The van der Waals surface area contributed by atoms with Crippen LogP contribution in [0.3, 0.4) is 0 Å².